The van der Waals surface area contributed by atoms with E-state index in [1.165, 1.54) is 0 Å². The second-order valence-corrected chi connectivity index (χ2v) is 0. The van der Waals surface area contributed by atoms with Crippen LogP contribution in [-0.4, -0.2) is 64.3 Å². The molecule has 0 aromatic heterocycles. The van der Waals surface area contributed by atoms with Gasteiger partial charge in [0.2, 0.25) is 0 Å². The van der Waals surface area contributed by atoms with Gasteiger partial charge in [-0.2, -0.15) is 0 Å². The minimum atomic E-state index is 0. The second-order valence-electron chi connectivity index (χ2n) is 0. The molecule has 0 bridgehead atoms. The quantitative estimate of drug-likeness (QED) is 0.425. The zero-order chi connectivity index (χ0) is 0. The molecule has 0 saturated heterocycles. The average molecular weight is 256 g/mol. The van der Waals surface area contributed by atoms with Gasteiger partial charge in [-0.1, -0.05) is 0 Å². The molecule has 22 valence electrons. The van der Waals surface area contributed by atoms with Crippen molar-refractivity contribution in [3.63, 3.8) is 0 Å². The van der Waals surface area contributed by atoms with Crippen LogP contribution in [-0.2, 0) is 25.0 Å². The van der Waals surface area contributed by atoms with Crippen molar-refractivity contribution in [2.75, 3.05) is 0 Å². The van der Waals surface area contributed by atoms with Crippen LogP contribution in [0.1, 0.15) is 0 Å². The van der Waals surface area contributed by atoms with E-state index in [1.807, 2.05) is 0 Å². The van der Waals surface area contributed by atoms with Crippen LogP contribution < -0.4 is 0 Å². The first-order chi connectivity index (χ1) is 0. The second kappa shape index (κ2) is 30.0. The van der Waals surface area contributed by atoms with Gasteiger partial charge in [-0.3, -0.25) is 0 Å². The zero-order valence-electron chi connectivity index (χ0n) is 2.53. The van der Waals surface area contributed by atoms with Gasteiger partial charge in [-0.15, -0.1) is 0 Å². The normalized spacial score (nSPS) is 0. The fraction of sp³-hybridized carbons (Fsp3) is 0. The Bertz CT molecular complexity index is 11.6. The monoisotopic (exact) mass is 256 g/mol. The molecule has 0 aliphatic heterocycles. The average Bonchev–Trinajstić information content (AvgIpc) is 0. The minimum absolute atomic E-state index is 0. The molecule has 0 aromatic rings. The van der Waals surface area contributed by atoms with Gasteiger partial charge >= 0.3 is 47.0 Å². The van der Waals surface area contributed by atoms with Crippen molar-refractivity contribution < 1.29 is 25.0 Å². The molecule has 0 saturated carbocycles. The van der Waals surface area contributed by atoms with Crippen LogP contribution in [0.3, 0.4) is 0 Å². The number of hydrogen-bond donors (Lipinski definition) is 0. The Labute approximate surface area is 88.0 Å². The summed E-state index contributed by atoms with van der Waals surface area (Å²) in [7, 11) is 0. The summed E-state index contributed by atoms with van der Waals surface area (Å²) in [6.07, 6.45) is 0. The van der Waals surface area contributed by atoms with Crippen LogP contribution in [0.25, 0.3) is 0 Å². The van der Waals surface area contributed by atoms with E-state index < -0.39 is 0 Å². The van der Waals surface area contributed by atoms with Crippen LogP contribution in [0, 0.1) is 0 Å². The predicted octanol–water partition coefficient (Wildman–Crippen LogP) is -2.60. The summed E-state index contributed by atoms with van der Waals surface area (Å²) >= 11 is 0. The summed E-state index contributed by atoms with van der Waals surface area (Å²) in [5, 5.41) is 0. The Balaban J connectivity index is 0. The van der Waals surface area contributed by atoms with Crippen molar-refractivity contribution in [2.24, 2.45) is 0 Å². The van der Waals surface area contributed by atoms with Gasteiger partial charge in [0.1, 0.15) is 0 Å². The van der Waals surface area contributed by atoms with E-state index in [2.05, 4.69) is 0 Å². The Kier molecular flexibility index (Phi) is 286. The van der Waals surface area contributed by atoms with Gasteiger partial charge < -0.3 is 5.48 Å². The van der Waals surface area contributed by atoms with Crippen molar-refractivity contribution in [1.82, 2.24) is 0 Å². The molecule has 0 fully saturated rings. The van der Waals surface area contributed by atoms with Crippen molar-refractivity contribution in [3.05, 3.63) is 0 Å². The summed E-state index contributed by atoms with van der Waals surface area (Å²) in [5.74, 6) is 0. The van der Waals surface area contributed by atoms with Gasteiger partial charge in [0.25, 0.3) is 0 Å². The molecule has 0 aliphatic rings. The van der Waals surface area contributed by atoms with Crippen LogP contribution in [0.15, 0.2) is 0 Å². The summed E-state index contributed by atoms with van der Waals surface area (Å²) in [4.78, 5) is 0. The first-order valence-corrected chi connectivity index (χ1v) is 0. The van der Waals surface area contributed by atoms with Crippen molar-refractivity contribution in [1.29, 1.82) is 0 Å². The van der Waals surface area contributed by atoms with Crippen LogP contribution in [0.5, 0.6) is 0 Å². The van der Waals surface area contributed by atoms with Crippen molar-refractivity contribution in [2.45, 2.75) is 0 Å². The topological polar surface area (TPSA) is 28.5 Å². The van der Waals surface area contributed by atoms with Crippen molar-refractivity contribution in [3.8, 4) is 0 Å². The molecule has 2 radical (unpaired) electrons. The molecule has 0 N–H and O–H groups in total. The van der Waals surface area contributed by atoms with Crippen molar-refractivity contribution >= 4 is 64.3 Å². The maximum atomic E-state index is 0. The molecule has 5 heteroatoms. The third kappa shape index (κ3) is 20.4. The van der Waals surface area contributed by atoms with E-state index in [0.29, 0.717) is 0 Å². The van der Waals surface area contributed by atoms with E-state index in [9.17, 15) is 0 Å². The van der Waals surface area contributed by atoms with E-state index in [4.69, 9.17) is 0 Å². The van der Waals surface area contributed by atoms with E-state index in [-0.39, 0.29) is 89.3 Å². The Morgan fingerprint density at radius 3 is 1.00 bits per heavy atom. The molecule has 0 atom stereocenters. The largest absolute Gasteiger partial charge is 0 e. The molecule has 1 nitrogen and oxygen atoms in total. The molecule has 0 amide bonds. The van der Waals surface area contributed by atoms with Gasteiger partial charge in [0.15, 0.2) is 17.4 Å². The van der Waals surface area contributed by atoms with Crippen LogP contribution in [0.2, 0.25) is 0 Å². The smallest absolute Gasteiger partial charge is 0 e. The van der Waals surface area contributed by atoms with E-state index >= 15 is 0 Å². The first kappa shape index (κ1) is 47.7. The van der Waals surface area contributed by atoms with Crippen LogP contribution >= 0.6 is 0 Å². The molecule has 0 unspecified atom stereocenters. The first-order valence-electron chi connectivity index (χ1n) is 0. The fourth-order valence-corrected chi connectivity index (χ4v) is 0. The standard InChI is InChI=1S/Al.Mg.O.Sn.Zn.5H/q;+2;-2;;;;;;;. The van der Waals surface area contributed by atoms with Gasteiger partial charge in [-0.25, -0.2) is 0 Å². The Morgan fingerprint density at radius 2 is 1.00 bits per heavy atom. The molecule has 0 aliphatic carbocycles. The van der Waals surface area contributed by atoms with Gasteiger partial charge in [0, 0.05) is 19.5 Å². The molecular weight excluding hydrogens is 251 g/mol. The molecule has 5 heavy (non-hydrogen) atoms. The minimum Gasteiger partial charge on any atom is 0 e. The Hall–Kier alpha value is 2.68. The summed E-state index contributed by atoms with van der Waals surface area (Å²) in [5.41, 5.74) is 0. The maximum Gasteiger partial charge on any atom is 0 e. The number of rotatable bonds is 0. The zero-order valence-corrected chi connectivity index (χ0v) is 10.9. The molecule has 0 heterocycles. The number of hydrogen-bond acceptors (Lipinski definition) is 0. The SMILES string of the molecule is [AlH3].[Mg+2].[O-2].[SnH2].[Zn]. The van der Waals surface area contributed by atoms with Gasteiger partial charge in [0.05, 0.1) is 0 Å². The third-order valence-corrected chi connectivity index (χ3v) is 0. The summed E-state index contributed by atoms with van der Waals surface area (Å²) < 4.78 is 0. The summed E-state index contributed by atoms with van der Waals surface area (Å²) in [6, 6.07) is 0. The molecule has 0 aromatic carbocycles. The Morgan fingerprint density at radius 1 is 1.00 bits per heavy atom. The third-order valence-electron chi connectivity index (χ3n) is 0. The maximum absolute atomic E-state index is 0. The summed E-state index contributed by atoms with van der Waals surface area (Å²) in [6.45, 7) is 0. The van der Waals surface area contributed by atoms with Gasteiger partial charge in [-0.05, 0) is 0 Å². The van der Waals surface area contributed by atoms with Crippen LogP contribution in [0.4, 0.5) is 0 Å². The molecule has 0 rings (SSSR count). The van der Waals surface area contributed by atoms with E-state index in [0.717, 1.165) is 0 Å². The fourth-order valence-electron chi connectivity index (χ4n) is 0. The molecular formula is H5AlMgOSnZn. The van der Waals surface area contributed by atoms with E-state index in [1.54, 1.807) is 0 Å². The predicted molar refractivity (Wildman–Crippen MR) is 24.9 cm³/mol. The molecule has 0 spiro atoms.